The zero-order valence-electron chi connectivity index (χ0n) is 14.1. The molecule has 0 bridgehead atoms. The van der Waals surface area contributed by atoms with Gasteiger partial charge in [0.05, 0.1) is 5.92 Å². The monoisotopic (exact) mass is 387 g/mol. The molecule has 1 saturated heterocycles. The number of benzene rings is 2. The third kappa shape index (κ3) is 3.93. The van der Waals surface area contributed by atoms with Crippen LogP contribution in [0.2, 0.25) is 5.02 Å². The van der Waals surface area contributed by atoms with Crippen LogP contribution in [0.5, 0.6) is 5.75 Å². The number of likely N-dealkylation sites (tertiary alicyclic amines) is 1. The first-order chi connectivity index (χ1) is 13.1. The van der Waals surface area contributed by atoms with Gasteiger partial charge in [0.15, 0.2) is 6.61 Å². The highest BCUT2D eigenvalue weighted by Gasteiger charge is 2.35. The van der Waals surface area contributed by atoms with E-state index in [1.165, 1.54) is 24.3 Å². The number of ether oxygens (including phenoxy) is 1. The molecule has 6 nitrogen and oxygen atoms in total. The second-order valence-corrected chi connectivity index (χ2v) is 6.64. The van der Waals surface area contributed by atoms with E-state index in [-0.39, 0.29) is 24.2 Å². The largest absolute Gasteiger partial charge is 0.484 e. The molecular weight excluding hydrogens is 373 g/mol. The highest BCUT2D eigenvalue weighted by molar-refractivity contribution is 6.30. The van der Waals surface area contributed by atoms with E-state index in [9.17, 15) is 9.18 Å². The predicted molar refractivity (Wildman–Crippen MR) is 96.0 cm³/mol. The fraction of sp³-hybridized carbons (Fsp3) is 0.211. The average Bonchev–Trinajstić information content (AvgIpc) is 3.10. The van der Waals surface area contributed by atoms with E-state index in [1.54, 1.807) is 17.0 Å². The lowest BCUT2D eigenvalue weighted by molar-refractivity contribution is -0.138. The van der Waals surface area contributed by atoms with E-state index in [0.717, 1.165) is 5.56 Å². The van der Waals surface area contributed by atoms with E-state index < -0.39 is 0 Å². The number of carbonyl (C=O) groups excluding carboxylic acids is 1. The lowest BCUT2D eigenvalue weighted by Gasteiger charge is -2.36. The van der Waals surface area contributed by atoms with Crippen LogP contribution in [-0.4, -0.2) is 40.6 Å². The van der Waals surface area contributed by atoms with Gasteiger partial charge in [-0.05, 0) is 36.4 Å². The van der Waals surface area contributed by atoms with Gasteiger partial charge in [0.25, 0.3) is 5.91 Å². The first kappa shape index (κ1) is 17.5. The van der Waals surface area contributed by atoms with Gasteiger partial charge in [-0.3, -0.25) is 4.79 Å². The molecule has 1 aliphatic heterocycles. The molecule has 3 aromatic rings. The number of nitrogens with zero attached hydrogens (tertiary/aromatic N) is 3. The van der Waals surface area contributed by atoms with Gasteiger partial charge >= 0.3 is 0 Å². The van der Waals surface area contributed by atoms with E-state index in [0.29, 0.717) is 35.6 Å². The normalized spacial score (nSPS) is 14.1. The highest BCUT2D eigenvalue weighted by Crippen LogP contribution is 2.28. The minimum absolute atomic E-state index is 0.000190. The summed E-state index contributed by atoms with van der Waals surface area (Å²) in [6, 6.07) is 12.7. The summed E-state index contributed by atoms with van der Waals surface area (Å²) in [6.45, 7) is 0.877. The third-order valence-corrected chi connectivity index (χ3v) is 4.52. The summed E-state index contributed by atoms with van der Waals surface area (Å²) in [5.41, 5.74) is 0.775. The minimum atomic E-state index is -0.351. The van der Waals surface area contributed by atoms with Crippen LogP contribution in [0.3, 0.4) is 0 Å². The quantitative estimate of drug-likeness (QED) is 0.669. The topological polar surface area (TPSA) is 68.5 Å². The minimum Gasteiger partial charge on any atom is -0.484 e. The lowest BCUT2D eigenvalue weighted by Crippen LogP contribution is -2.50. The Kier molecular flexibility index (Phi) is 4.77. The molecule has 1 aliphatic rings. The van der Waals surface area contributed by atoms with E-state index in [1.807, 2.05) is 12.1 Å². The van der Waals surface area contributed by atoms with Crippen molar-refractivity contribution in [3.05, 3.63) is 65.3 Å². The molecule has 0 unspecified atom stereocenters. The summed E-state index contributed by atoms with van der Waals surface area (Å²) in [6.07, 6.45) is 0. The van der Waals surface area contributed by atoms with E-state index >= 15 is 0 Å². The molecule has 0 atom stereocenters. The summed E-state index contributed by atoms with van der Waals surface area (Å²) < 4.78 is 23.5. The van der Waals surface area contributed by atoms with Crippen LogP contribution in [0.1, 0.15) is 11.8 Å². The Morgan fingerprint density at radius 1 is 1.26 bits per heavy atom. The van der Waals surface area contributed by atoms with Crippen molar-refractivity contribution in [1.82, 2.24) is 15.0 Å². The first-order valence-electron chi connectivity index (χ1n) is 8.34. The number of hydrogen-bond acceptors (Lipinski definition) is 5. The molecule has 1 fully saturated rings. The summed E-state index contributed by atoms with van der Waals surface area (Å²) in [5.74, 6) is 0.914. The van der Waals surface area contributed by atoms with Gasteiger partial charge in [0.2, 0.25) is 11.7 Å². The maximum Gasteiger partial charge on any atom is 0.260 e. The molecular formula is C19H15ClFN3O3. The summed E-state index contributed by atoms with van der Waals surface area (Å²) in [4.78, 5) is 18.2. The van der Waals surface area contributed by atoms with Crippen molar-refractivity contribution in [3.8, 4) is 17.1 Å². The van der Waals surface area contributed by atoms with Crippen molar-refractivity contribution >= 4 is 17.5 Å². The van der Waals surface area contributed by atoms with Crippen molar-refractivity contribution in [2.75, 3.05) is 19.7 Å². The predicted octanol–water partition coefficient (Wildman–Crippen LogP) is 3.53. The Morgan fingerprint density at radius 3 is 2.78 bits per heavy atom. The maximum atomic E-state index is 12.9. The fourth-order valence-electron chi connectivity index (χ4n) is 2.75. The van der Waals surface area contributed by atoms with Crippen molar-refractivity contribution in [2.24, 2.45) is 0 Å². The SMILES string of the molecule is O=C(COc1ccc(F)cc1)N1CC(c2nc(-c3cccc(Cl)c3)no2)C1. The molecule has 0 radical (unpaired) electrons. The zero-order valence-corrected chi connectivity index (χ0v) is 14.9. The number of aromatic nitrogens is 2. The van der Waals surface area contributed by atoms with Crippen LogP contribution in [0.15, 0.2) is 53.1 Å². The van der Waals surface area contributed by atoms with Gasteiger partial charge in [0, 0.05) is 23.7 Å². The summed E-state index contributed by atoms with van der Waals surface area (Å²) >= 11 is 5.98. The van der Waals surface area contributed by atoms with Gasteiger partial charge in [-0.1, -0.05) is 28.9 Å². The van der Waals surface area contributed by atoms with E-state index in [2.05, 4.69) is 10.1 Å². The molecule has 1 amide bonds. The van der Waals surface area contributed by atoms with E-state index in [4.69, 9.17) is 20.9 Å². The number of halogens is 2. The van der Waals surface area contributed by atoms with Crippen molar-refractivity contribution in [2.45, 2.75) is 5.92 Å². The Morgan fingerprint density at radius 2 is 2.04 bits per heavy atom. The number of carbonyl (C=O) groups is 1. The molecule has 0 spiro atoms. The van der Waals surface area contributed by atoms with Gasteiger partial charge in [-0.15, -0.1) is 0 Å². The van der Waals surface area contributed by atoms with Gasteiger partial charge < -0.3 is 14.2 Å². The molecule has 4 rings (SSSR count). The molecule has 2 heterocycles. The average molecular weight is 388 g/mol. The second-order valence-electron chi connectivity index (χ2n) is 6.20. The number of rotatable bonds is 5. The van der Waals surface area contributed by atoms with Crippen LogP contribution >= 0.6 is 11.6 Å². The molecule has 0 N–H and O–H groups in total. The lowest BCUT2D eigenvalue weighted by atomic mass is 10.0. The van der Waals surface area contributed by atoms with Crippen LogP contribution in [0, 0.1) is 5.82 Å². The van der Waals surface area contributed by atoms with Gasteiger partial charge in [-0.2, -0.15) is 4.98 Å². The second kappa shape index (κ2) is 7.36. The zero-order chi connectivity index (χ0) is 18.8. The maximum absolute atomic E-state index is 12.9. The van der Waals surface area contributed by atoms with Gasteiger partial charge in [-0.25, -0.2) is 4.39 Å². The van der Waals surface area contributed by atoms with Gasteiger partial charge in [0.1, 0.15) is 11.6 Å². The molecule has 138 valence electrons. The number of hydrogen-bond donors (Lipinski definition) is 0. The Labute approximate surface area is 159 Å². The molecule has 1 aromatic heterocycles. The highest BCUT2D eigenvalue weighted by atomic mass is 35.5. The standard InChI is InChI=1S/C19H15ClFN3O3/c20-14-3-1-2-12(8-14)18-22-19(27-23-18)13-9-24(10-13)17(25)11-26-16-6-4-15(21)5-7-16/h1-8,13H,9-11H2. The first-order valence-corrected chi connectivity index (χ1v) is 8.72. The number of amides is 1. The van der Waals surface area contributed by atoms with Crippen molar-refractivity contribution in [3.63, 3.8) is 0 Å². The fourth-order valence-corrected chi connectivity index (χ4v) is 2.94. The molecule has 0 aliphatic carbocycles. The summed E-state index contributed by atoms with van der Waals surface area (Å²) in [7, 11) is 0. The van der Waals surface area contributed by atoms with Crippen LogP contribution in [0.4, 0.5) is 4.39 Å². The Bertz CT molecular complexity index is 955. The molecule has 0 saturated carbocycles. The summed E-state index contributed by atoms with van der Waals surface area (Å²) in [5, 5.41) is 4.58. The van der Waals surface area contributed by atoms with Crippen LogP contribution < -0.4 is 4.74 Å². The Balaban J connectivity index is 1.30. The van der Waals surface area contributed by atoms with Crippen molar-refractivity contribution < 1.29 is 18.4 Å². The van der Waals surface area contributed by atoms with Crippen LogP contribution in [-0.2, 0) is 4.79 Å². The Hall–Kier alpha value is -2.93. The van der Waals surface area contributed by atoms with Crippen LogP contribution in [0.25, 0.3) is 11.4 Å². The third-order valence-electron chi connectivity index (χ3n) is 4.28. The molecule has 8 heteroatoms. The molecule has 2 aromatic carbocycles. The van der Waals surface area contributed by atoms with Crippen molar-refractivity contribution in [1.29, 1.82) is 0 Å². The molecule has 27 heavy (non-hydrogen) atoms. The smallest absolute Gasteiger partial charge is 0.260 e.